The van der Waals surface area contributed by atoms with Gasteiger partial charge in [0.25, 0.3) is 0 Å². The number of pyridine rings is 1. The molecule has 0 saturated carbocycles. The average Bonchev–Trinajstić information content (AvgIpc) is 2.43. The number of rotatable bonds is 1. The minimum absolute atomic E-state index is 0.482. The van der Waals surface area contributed by atoms with Gasteiger partial charge in [-0.1, -0.05) is 0 Å². The van der Waals surface area contributed by atoms with Crippen molar-refractivity contribution in [1.29, 1.82) is 0 Å². The molecule has 0 radical (unpaired) electrons. The lowest BCUT2D eigenvalue weighted by molar-refractivity contribution is 0.622. The summed E-state index contributed by atoms with van der Waals surface area (Å²) in [4.78, 5) is 4.24. The molecule has 0 aliphatic heterocycles. The van der Waals surface area contributed by atoms with Crippen molar-refractivity contribution in [2.24, 2.45) is 0 Å². The molecule has 0 aliphatic rings. The second-order valence-electron chi connectivity index (χ2n) is 3.50. The van der Waals surface area contributed by atoms with E-state index in [1.54, 1.807) is 0 Å². The van der Waals surface area contributed by atoms with Crippen LogP contribution >= 0.6 is 38.5 Å². The first kappa shape index (κ1) is 10.4. The van der Waals surface area contributed by atoms with Gasteiger partial charge in [-0.2, -0.15) is 0 Å². The van der Waals surface area contributed by atoms with Crippen LogP contribution in [0.3, 0.4) is 0 Å². The molecule has 2 heterocycles. The lowest BCUT2D eigenvalue weighted by Gasteiger charge is -2.08. The predicted octanol–water partition coefficient (Wildman–Crippen LogP) is 3.98. The van der Waals surface area contributed by atoms with Crippen LogP contribution in [0.1, 0.15) is 19.9 Å². The highest BCUT2D eigenvalue weighted by Crippen LogP contribution is 2.26. The molecule has 0 N–H and O–H groups in total. The van der Waals surface area contributed by atoms with Crippen molar-refractivity contribution in [3.05, 3.63) is 26.6 Å². The Morgan fingerprint density at radius 1 is 1.50 bits per heavy atom. The Kier molecular flexibility index (Phi) is 2.83. The van der Waals surface area contributed by atoms with Gasteiger partial charge in [-0.3, -0.25) is 0 Å². The zero-order chi connectivity index (χ0) is 10.3. The monoisotopic (exact) mass is 364 g/mol. The minimum atomic E-state index is 0.482. The van der Waals surface area contributed by atoms with Crippen LogP contribution in [0, 0.1) is 3.57 Å². The second kappa shape index (κ2) is 3.81. The predicted molar refractivity (Wildman–Crippen MR) is 70.5 cm³/mol. The molecule has 0 aliphatic carbocycles. The Morgan fingerprint density at radius 3 is 2.86 bits per heavy atom. The molecule has 0 saturated heterocycles. The number of fused-ring (bicyclic) bond motifs is 1. The molecule has 0 atom stereocenters. The molecule has 0 spiro atoms. The van der Waals surface area contributed by atoms with E-state index in [4.69, 9.17) is 0 Å². The van der Waals surface area contributed by atoms with Crippen LogP contribution in [0.25, 0.3) is 10.9 Å². The van der Waals surface area contributed by atoms with E-state index in [0.29, 0.717) is 6.04 Å². The maximum absolute atomic E-state index is 4.24. The molecule has 4 heteroatoms. The fourth-order valence-corrected chi connectivity index (χ4v) is 2.54. The molecule has 0 unspecified atom stereocenters. The van der Waals surface area contributed by atoms with Crippen molar-refractivity contribution in [3.8, 4) is 0 Å². The van der Waals surface area contributed by atoms with Crippen LogP contribution in [0.5, 0.6) is 0 Å². The van der Waals surface area contributed by atoms with Crippen molar-refractivity contribution in [3.63, 3.8) is 0 Å². The summed E-state index contributed by atoms with van der Waals surface area (Å²) in [5.74, 6) is 0. The van der Waals surface area contributed by atoms with Crippen LogP contribution in [-0.2, 0) is 0 Å². The van der Waals surface area contributed by atoms with Gasteiger partial charge in [-0.05, 0) is 58.4 Å². The molecule has 2 aromatic rings. The molecule has 0 aromatic carbocycles. The maximum Gasteiger partial charge on any atom is 0.108 e. The Balaban J connectivity index is 2.79. The molecule has 0 fully saturated rings. The highest BCUT2D eigenvalue weighted by molar-refractivity contribution is 14.1. The van der Waals surface area contributed by atoms with E-state index in [0.717, 1.165) is 4.60 Å². The van der Waals surface area contributed by atoms with Gasteiger partial charge >= 0.3 is 0 Å². The SMILES string of the molecule is CC(C)n1cc(I)c2cnc(Br)cc21. The highest BCUT2D eigenvalue weighted by atomic mass is 127. The van der Waals surface area contributed by atoms with Crippen molar-refractivity contribution in [2.75, 3.05) is 0 Å². The van der Waals surface area contributed by atoms with E-state index >= 15 is 0 Å². The molecule has 74 valence electrons. The van der Waals surface area contributed by atoms with Gasteiger partial charge < -0.3 is 4.57 Å². The first-order valence-corrected chi connectivity index (χ1v) is 6.28. The van der Waals surface area contributed by atoms with Crippen LogP contribution in [0.2, 0.25) is 0 Å². The van der Waals surface area contributed by atoms with Crippen molar-refractivity contribution in [1.82, 2.24) is 9.55 Å². The van der Waals surface area contributed by atoms with E-state index in [2.05, 4.69) is 74.2 Å². The Hall–Kier alpha value is -0.100. The van der Waals surface area contributed by atoms with Crippen LogP contribution in [0.15, 0.2) is 23.1 Å². The Morgan fingerprint density at radius 2 is 2.21 bits per heavy atom. The van der Waals surface area contributed by atoms with Crippen molar-refractivity contribution < 1.29 is 0 Å². The van der Waals surface area contributed by atoms with Gasteiger partial charge in [0.05, 0.1) is 5.52 Å². The number of halogens is 2. The zero-order valence-electron chi connectivity index (χ0n) is 7.96. The number of nitrogens with zero attached hydrogens (tertiary/aromatic N) is 2. The van der Waals surface area contributed by atoms with Gasteiger partial charge in [0.15, 0.2) is 0 Å². The highest BCUT2D eigenvalue weighted by Gasteiger charge is 2.09. The van der Waals surface area contributed by atoms with E-state index in [1.165, 1.54) is 14.5 Å². The standard InChI is InChI=1S/C10H10BrIN2/c1-6(2)14-5-8(12)7-4-13-10(11)3-9(7)14/h3-6H,1-2H3. The van der Waals surface area contributed by atoms with E-state index in [9.17, 15) is 0 Å². The molecule has 2 aromatic heterocycles. The number of aromatic nitrogens is 2. The van der Waals surface area contributed by atoms with Crippen LogP contribution in [-0.4, -0.2) is 9.55 Å². The molecule has 0 bridgehead atoms. The van der Waals surface area contributed by atoms with Crippen molar-refractivity contribution in [2.45, 2.75) is 19.9 Å². The summed E-state index contributed by atoms with van der Waals surface area (Å²) in [6, 6.07) is 2.55. The van der Waals surface area contributed by atoms with E-state index in [-0.39, 0.29) is 0 Å². The Labute approximate surface area is 105 Å². The van der Waals surface area contributed by atoms with Gasteiger partial charge in [0, 0.05) is 27.4 Å². The third kappa shape index (κ3) is 1.69. The van der Waals surface area contributed by atoms with Gasteiger partial charge in [0.1, 0.15) is 4.60 Å². The molecule has 14 heavy (non-hydrogen) atoms. The summed E-state index contributed by atoms with van der Waals surface area (Å²) in [6.45, 7) is 4.37. The minimum Gasteiger partial charge on any atom is -0.344 e. The van der Waals surface area contributed by atoms with Gasteiger partial charge in [-0.15, -0.1) is 0 Å². The lowest BCUT2D eigenvalue weighted by atomic mass is 10.3. The third-order valence-electron chi connectivity index (χ3n) is 2.19. The van der Waals surface area contributed by atoms with Gasteiger partial charge in [-0.25, -0.2) is 4.98 Å². The normalized spacial score (nSPS) is 11.5. The summed E-state index contributed by atoms with van der Waals surface area (Å²) < 4.78 is 4.41. The molecular formula is C10H10BrIN2. The number of hydrogen-bond acceptors (Lipinski definition) is 1. The van der Waals surface area contributed by atoms with Crippen molar-refractivity contribution >= 4 is 49.4 Å². The smallest absolute Gasteiger partial charge is 0.108 e. The fraction of sp³-hybridized carbons (Fsp3) is 0.300. The maximum atomic E-state index is 4.24. The summed E-state index contributed by atoms with van der Waals surface area (Å²) in [7, 11) is 0. The van der Waals surface area contributed by atoms with Gasteiger partial charge in [0.2, 0.25) is 0 Å². The summed E-state index contributed by atoms with van der Waals surface area (Å²) in [5.41, 5.74) is 1.24. The van der Waals surface area contributed by atoms with E-state index < -0.39 is 0 Å². The third-order valence-corrected chi connectivity index (χ3v) is 3.49. The number of hydrogen-bond donors (Lipinski definition) is 0. The molecular weight excluding hydrogens is 355 g/mol. The first-order chi connectivity index (χ1) is 6.59. The van der Waals surface area contributed by atoms with Crippen LogP contribution < -0.4 is 0 Å². The van der Waals surface area contributed by atoms with E-state index in [1.807, 2.05) is 6.20 Å². The second-order valence-corrected chi connectivity index (χ2v) is 5.48. The van der Waals surface area contributed by atoms with Crippen LogP contribution in [0.4, 0.5) is 0 Å². The fourth-order valence-electron chi connectivity index (χ4n) is 1.51. The molecule has 2 rings (SSSR count). The largest absolute Gasteiger partial charge is 0.344 e. The zero-order valence-corrected chi connectivity index (χ0v) is 11.7. The molecule has 2 nitrogen and oxygen atoms in total. The lowest BCUT2D eigenvalue weighted by Crippen LogP contribution is -1.97. The summed E-state index contributed by atoms with van der Waals surface area (Å²) in [5, 5.41) is 1.22. The average molecular weight is 365 g/mol. The molecule has 0 amide bonds. The Bertz CT molecular complexity index is 476. The first-order valence-electron chi connectivity index (χ1n) is 4.41. The quantitative estimate of drug-likeness (QED) is 0.552. The summed E-state index contributed by atoms with van der Waals surface area (Å²) >= 11 is 5.75. The summed E-state index contributed by atoms with van der Waals surface area (Å²) in [6.07, 6.45) is 4.09. The topological polar surface area (TPSA) is 17.8 Å².